The highest BCUT2D eigenvalue weighted by molar-refractivity contribution is 7.47. The predicted molar refractivity (Wildman–Crippen MR) is 183 cm³/mol. The number of hydrogen-bond acceptors (Lipinski definition) is 7. The van der Waals surface area contributed by atoms with Crippen molar-refractivity contribution < 1.29 is 32.8 Å². The van der Waals surface area contributed by atoms with Gasteiger partial charge >= 0.3 is 13.8 Å². The summed E-state index contributed by atoms with van der Waals surface area (Å²) in [5.74, 6) is -0.329. The van der Waals surface area contributed by atoms with Crippen LogP contribution in [0, 0.1) is 0 Å². The van der Waals surface area contributed by atoms with E-state index in [0.29, 0.717) is 13.0 Å². The van der Waals surface area contributed by atoms with E-state index < -0.39 is 13.9 Å². The Kier molecular flexibility index (Phi) is 33.5. The number of hydrogen-bond donors (Lipinski definition) is 2. The van der Waals surface area contributed by atoms with Crippen LogP contribution in [0.1, 0.15) is 181 Å². The van der Waals surface area contributed by atoms with Gasteiger partial charge in [-0.15, -0.1) is 0 Å². The van der Waals surface area contributed by atoms with Crippen LogP contribution in [0.2, 0.25) is 0 Å². The summed E-state index contributed by atoms with van der Waals surface area (Å²) in [4.78, 5) is 22.3. The molecule has 0 aromatic heterocycles. The Balaban J connectivity index is 4.03. The molecule has 8 nitrogen and oxygen atoms in total. The van der Waals surface area contributed by atoms with Crippen LogP contribution < -0.4 is 5.73 Å². The molecule has 3 N–H and O–H groups in total. The number of phosphoric ester groups is 1. The summed E-state index contributed by atoms with van der Waals surface area (Å²) in [6, 6.07) is 0. The Morgan fingerprint density at radius 3 is 1.43 bits per heavy atom. The highest BCUT2D eigenvalue weighted by atomic mass is 31.2. The summed E-state index contributed by atoms with van der Waals surface area (Å²) >= 11 is 0. The van der Waals surface area contributed by atoms with Crippen LogP contribution in [0.15, 0.2) is 0 Å². The summed E-state index contributed by atoms with van der Waals surface area (Å²) < 4.78 is 33.2. The molecule has 2 unspecified atom stereocenters. The van der Waals surface area contributed by atoms with Gasteiger partial charge in [-0.05, 0) is 12.8 Å². The van der Waals surface area contributed by atoms with Crippen LogP contribution in [0.25, 0.3) is 0 Å². The fraction of sp³-hybridized carbons (Fsp3) is 0.971. The lowest BCUT2D eigenvalue weighted by Gasteiger charge is -2.20. The van der Waals surface area contributed by atoms with Crippen molar-refractivity contribution in [2.75, 3.05) is 33.0 Å². The highest BCUT2D eigenvalue weighted by Crippen LogP contribution is 2.43. The van der Waals surface area contributed by atoms with E-state index in [1.54, 1.807) is 0 Å². The van der Waals surface area contributed by atoms with Gasteiger partial charge in [-0.3, -0.25) is 13.8 Å². The molecule has 0 spiro atoms. The van der Waals surface area contributed by atoms with Gasteiger partial charge in [0.1, 0.15) is 6.10 Å². The van der Waals surface area contributed by atoms with Crippen molar-refractivity contribution in [1.82, 2.24) is 0 Å². The zero-order valence-corrected chi connectivity index (χ0v) is 29.8. The Bertz CT molecular complexity index is 653. The van der Waals surface area contributed by atoms with Crippen molar-refractivity contribution in [2.45, 2.75) is 187 Å². The van der Waals surface area contributed by atoms with Crippen LogP contribution >= 0.6 is 7.82 Å². The molecule has 0 fully saturated rings. The number of esters is 1. The van der Waals surface area contributed by atoms with Gasteiger partial charge in [0.25, 0.3) is 0 Å². The van der Waals surface area contributed by atoms with Gasteiger partial charge in [0.15, 0.2) is 0 Å². The number of rotatable bonds is 36. The lowest BCUT2D eigenvalue weighted by Crippen LogP contribution is -2.28. The third kappa shape index (κ3) is 32.9. The Hall–Kier alpha value is -0.500. The number of carbonyl (C=O) groups is 1. The van der Waals surface area contributed by atoms with Crippen molar-refractivity contribution in [3.8, 4) is 0 Å². The SMILES string of the molecule is CCCCCCCCCCCCCCCCCOCC(COP(=O)(O)OCCN)OC(=O)CCCCCCCCCCCC. The second-order valence-electron chi connectivity index (χ2n) is 12.5. The van der Waals surface area contributed by atoms with E-state index in [4.69, 9.17) is 24.3 Å². The molecular formula is C35H72NO7P. The number of nitrogens with two attached hydrogens (primary N) is 1. The maximum absolute atomic E-state index is 12.5. The molecule has 0 bridgehead atoms. The Labute approximate surface area is 271 Å². The van der Waals surface area contributed by atoms with Crippen LogP contribution in [0.4, 0.5) is 0 Å². The molecule has 2 atom stereocenters. The molecule has 0 amide bonds. The standard InChI is InChI=1S/C35H72NO7P/c1-3-5-7-9-11-13-15-16-17-18-19-21-23-25-27-30-40-32-34(33-42-44(38,39)41-31-29-36)43-35(37)28-26-24-22-20-14-12-10-8-6-4-2/h34H,3-33,36H2,1-2H3,(H,38,39). The summed E-state index contributed by atoms with van der Waals surface area (Å²) in [5.41, 5.74) is 5.34. The minimum absolute atomic E-state index is 0.0906. The maximum atomic E-state index is 12.5. The van der Waals surface area contributed by atoms with Crippen LogP contribution in [0.5, 0.6) is 0 Å². The van der Waals surface area contributed by atoms with Crippen LogP contribution in [-0.2, 0) is 27.9 Å². The predicted octanol–water partition coefficient (Wildman–Crippen LogP) is 10.2. The van der Waals surface area contributed by atoms with Crippen molar-refractivity contribution >= 4 is 13.8 Å². The van der Waals surface area contributed by atoms with Gasteiger partial charge in [0, 0.05) is 19.6 Å². The molecule has 0 rings (SSSR count). The van der Waals surface area contributed by atoms with Crippen LogP contribution in [-0.4, -0.2) is 49.9 Å². The third-order valence-corrected chi connectivity index (χ3v) is 9.01. The van der Waals surface area contributed by atoms with E-state index >= 15 is 0 Å². The van der Waals surface area contributed by atoms with Gasteiger partial charge in [0.05, 0.1) is 19.8 Å². The molecule has 44 heavy (non-hydrogen) atoms. The van der Waals surface area contributed by atoms with E-state index in [0.717, 1.165) is 32.1 Å². The van der Waals surface area contributed by atoms with E-state index in [9.17, 15) is 14.3 Å². The molecule has 0 saturated carbocycles. The first-order valence-electron chi connectivity index (χ1n) is 18.5. The normalized spacial score (nSPS) is 13.6. The number of unbranched alkanes of at least 4 members (excludes halogenated alkanes) is 23. The molecule has 0 saturated heterocycles. The fourth-order valence-corrected chi connectivity index (χ4v) is 6.06. The number of phosphoric acid groups is 1. The topological polar surface area (TPSA) is 117 Å². The largest absolute Gasteiger partial charge is 0.472 e. The summed E-state index contributed by atoms with van der Waals surface area (Å²) in [6.07, 6.45) is 31.1. The van der Waals surface area contributed by atoms with Gasteiger partial charge in [-0.2, -0.15) is 0 Å². The molecule has 0 radical (unpaired) electrons. The minimum atomic E-state index is -4.26. The molecule has 0 aromatic rings. The summed E-state index contributed by atoms with van der Waals surface area (Å²) in [6.45, 7) is 4.94. The average Bonchev–Trinajstić information content (AvgIpc) is 3.01. The third-order valence-electron chi connectivity index (χ3n) is 8.02. The summed E-state index contributed by atoms with van der Waals surface area (Å²) in [7, 11) is -4.26. The van der Waals surface area contributed by atoms with Gasteiger partial charge in [-0.25, -0.2) is 4.57 Å². The smallest absolute Gasteiger partial charge is 0.457 e. The van der Waals surface area contributed by atoms with Crippen molar-refractivity contribution in [3.63, 3.8) is 0 Å². The molecule has 0 aromatic carbocycles. The average molecular weight is 650 g/mol. The lowest BCUT2D eigenvalue weighted by molar-refractivity contribution is -0.154. The number of ether oxygens (including phenoxy) is 2. The van der Waals surface area contributed by atoms with Gasteiger partial charge in [-0.1, -0.05) is 162 Å². The van der Waals surface area contributed by atoms with E-state index in [1.165, 1.54) is 128 Å². The fourth-order valence-electron chi connectivity index (χ4n) is 5.29. The quantitative estimate of drug-likeness (QED) is 0.0391. The van der Waals surface area contributed by atoms with Gasteiger partial charge < -0.3 is 20.1 Å². The molecule has 0 aliphatic rings. The zero-order chi connectivity index (χ0) is 32.4. The first-order valence-corrected chi connectivity index (χ1v) is 20.0. The monoisotopic (exact) mass is 650 g/mol. The molecule has 0 aliphatic carbocycles. The van der Waals surface area contributed by atoms with E-state index in [1.807, 2.05) is 0 Å². The molecule has 0 aliphatic heterocycles. The van der Waals surface area contributed by atoms with Crippen molar-refractivity contribution in [3.05, 3.63) is 0 Å². The second-order valence-corrected chi connectivity index (χ2v) is 13.9. The minimum Gasteiger partial charge on any atom is -0.457 e. The molecule has 9 heteroatoms. The Morgan fingerprint density at radius 1 is 0.591 bits per heavy atom. The van der Waals surface area contributed by atoms with Crippen molar-refractivity contribution in [1.29, 1.82) is 0 Å². The first-order chi connectivity index (χ1) is 21.4. The first kappa shape index (κ1) is 43.5. The maximum Gasteiger partial charge on any atom is 0.472 e. The van der Waals surface area contributed by atoms with E-state index in [2.05, 4.69) is 13.8 Å². The summed E-state index contributed by atoms with van der Waals surface area (Å²) in [5, 5.41) is 0. The van der Waals surface area contributed by atoms with Crippen LogP contribution in [0.3, 0.4) is 0 Å². The van der Waals surface area contributed by atoms with Gasteiger partial charge in [0.2, 0.25) is 0 Å². The van der Waals surface area contributed by atoms with E-state index in [-0.39, 0.29) is 32.3 Å². The number of carbonyl (C=O) groups excluding carboxylic acids is 1. The second kappa shape index (κ2) is 33.9. The molecule has 0 heterocycles. The molecule has 264 valence electrons. The zero-order valence-electron chi connectivity index (χ0n) is 28.9. The Morgan fingerprint density at radius 2 is 1.00 bits per heavy atom. The highest BCUT2D eigenvalue weighted by Gasteiger charge is 2.25. The molecular weight excluding hydrogens is 577 g/mol. The lowest BCUT2D eigenvalue weighted by atomic mass is 10.0. The van der Waals surface area contributed by atoms with Crippen molar-refractivity contribution in [2.24, 2.45) is 5.73 Å².